The van der Waals surface area contributed by atoms with E-state index in [1.165, 1.54) is 18.2 Å². The highest BCUT2D eigenvalue weighted by atomic mass is 79.9. The zero-order valence-electron chi connectivity index (χ0n) is 19.5. The fourth-order valence-electron chi connectivity index (χ4n) is 3.71. The molecule has 0 unspecified atom stereocenters. The predicted molar refractivity (Wildman–Crippen MR) is 136 cm³/mol. The van der Waals surface area contributed by atoms with E-state index in [1.807, 2.05) is 0 Å². The number of barbiturate groups is 1. The summed E-state index contributed by atoms with van der Waals surface area (Å²) < 4.78 is 25.6. The van der Waals surface area contributed by atoms with Crippen LogP contribution in [-0.2, 0) is 16.2 Å². The molecule has 4 rings (SSSR count). The number of nitrogens with zero attached hydrogens (tertiary/aromatic N) is 1. The zero-order chi connectivity index (χ0) is 25.8. The van der Waals surface area contributed by atoms with E-state index in [4.69, 9.17) is 9.47 Å². The summed E-state index contributed by atoms with van der Waals surface area (Å²) in [6, 6.07) is 15.4. The summed E-state index contributed by atoms with van der Waals surface area (Å²) in [5.41, 5.74) is 1.99. The first-order valence-corrected chi connectivity index (χ1v) is 11.9. The Labute approximate surface area is 215 Å². The molecule has 0 spiro atoms. The Kier molecular flexibility index (Phi) is 7.49. The minimum absolute atomic E-state index is 0.102. The van der Waals surface area contributed by atoms with Gasteiger partial charge in [-0.3, -0.25) is 14.9 Å². The maximum atomic E-state index is 13.5. The third-order valence-corrected chi connectivity index (χ3v) is 5.96. The second-order valence-electron chi connectivity index (χ2n) is 7.93. The van der Waals surface area contributed by atoms with Gasteiger partial charge in [-0.25, -0.2) is 14.1 Å². The van der Waals surface area contributed by atoms with Gasteiger partial charge in [-0.1, -0.05) is 30.3 Å². The summed E-state index contributed by atoms with van der Waals surface area (Å²) in [6.45, 7) is 4.01. The molecule has 1 saturated heterocycles. The Morgan fingerprint density at radius 3 is 2.53 bits per heavy atom. The number of anilines is 1. The van der Waals surface area contributed by atoms with Gasteiger partial charge in [-0.05, 0) is 82.9 Å². The number of nitrogens with one attached hydrogen (secondary N) is 1. The summed E-state index contributed by atoms with van der Waals surface area (Å²) in [4.78, 5) is 39.2. The Bertz CT molecular complexity index is 1390. The summed E-state index contributed by atoms with van der Waals surface area (Å²) >= 11 is 3.46. The van der Waals surface area contributed by atoms with Crippen LogP contribution in [0, 0.1) is 12.7 Å². The molecule has 1 aliphatic heterocycles. The Hall–Kier alpha value is -3.98. The molecule has 1 N–H and O–H groups in total. The van der Waals surface area contributed by atoms with Crippen molar-refractivity contribution in [3.63, 3.8) is 0 Å². The smallest absolute Gasteiger partial charge is 0.335 e. The van der Waals surface area contributed by atoms with Crippen LogP contribution >= 0.6 is 15.9 Å². The molecular weight excluding hydrogens is 531 g/mol. The second-order valence-corrected chi connectivity index (χ2v) is 8.78. The van der Waals surface area contributed by atoms with Gasteiger partial charge in [0.2, 0.25) is 0 Å². The average Bonchev–Trinajstić information content (AvgIpc) is 2.82. The average molecular weight is 553 g/mol. The lowest BCUT2D eigenvalue weighted by atomic mass is 10.1. The predicted octanol–water partition coefficient (Wildman–Crippen LogP) is 5.54. The standard InChI is InChI=1S/C27H22BrFN2O5/c1-3-35-23-14-18(13-21(28)24(23)36-15-17-8-6-9-19(29)11-17)12-20-25(32)30-27(34)31(26(20)33)22-10-5-4-7-16(22)2/h4-14H,3,15H2,1-2H3,(H,30,32,34)/b20-12+. The molecule has 184 valence electrons. The maximum absolute atomic E-state index is 13.5. The first kappa shape index (κ1) is 25.1. The van der Waals surface area contributed by atoms with Gasteiger partial charge in [0.25, 0.3) is 11.8 Å². The lowest BCUT2D eigenvalue weighted by molar-refractivity contribution is -0.122. The second kappa shape index (κ2) is 10.7. The van der Waals surface area contributed by atoms with Crippen molar-refractivity contribution in [3.8, 4) is 11.5 Å². The van der Waals surface area contributed by atoms with Crippen LogP contribution in [0.1, 0.15) is 23.6 Å². The van der Waals surface area contributed by atoms with Crippen molar-refractivity contribution < 1.29 is 28.2 Å². The van der Waals surface area contributed by atoms with Crippen LogP contribution in [0.4, 0.5) is 14.9 Å². The number of benzene rings is 3. The van der Waals surface area contributed by atoms with E-state index in [0.29, 0.717) is 45.0 Å². The first-order chi connectivity index (χ1) is 17.3. The largest absolute Gasteiger partial charge is 0.490 e. The molecule has 7 nitrogen and oxygen atoms in total. The minimum Gasteiger partial charge on any atom is -0.490 e. The van der Waals surface area contributed by atoms with Crippen LogP contribution in [0.3, 0.4) is 0 Å². The first-order valence-electron chi connectivity index (χ1n) is 11.1. The quantitative estimate of drug-likeness (QED) is 0.307. The molecule has 1 aliphatic rings. The molecule has 0 aromatic heterocycles. The van der Waals surface area contributed by atoms with Crippen LogP contribution in [0.25, 0.3) is 6.08 Å². The van der Waals surface area contributed by atoms with E-state index >= 15 is 0 Å². The highest BCUT2D eigenvalue weighted by Gasteiger charge is 2.37. The van der Waals surface area contributed by atoms with Crippen LogP contribution in [0.2, 0.25) is 0 Å². The number of para-hydroxylation sites is 1. The molecular formula is C27H22BrFN2O5. The van der Waals surface area contributed by atoms with Gasteiger partial charge >= 0.3 is 6.03 Å². The van der Waals surface area contributed by atoms with E-state index in [2.05, 4.69) is 21.2 Å². The summed E-state index contributed by atoms with van der Waals surface area (Å²) in [6.07, 6.45) is 1.39. The van der Waals surface area contributed by atoms with Crippen molar-refractivity contribution in [2.75, 3.05) is 11.5 Å². The van der Waals surface area contributed by atoms with Crippen LogP contribution in [-0.4, -0.2) is 24.5 Å². The lowest BCUT2D eigenvalue weighted by Gasteiger charge is -2.27. The molecule has 1 heterocycles. The number of urea groups is 1. The van der Waals surface area contributed by atoms with Crippen LogP contribution in [0.15, 0.2) is 70.7 Å². The van der Waals surface area contributed by atoms with Gasteiger partial charge in [0, 0.05) is 0 Å². The van der Waals surface area contributed by atoms with Crippen molar-refractivity contribution in [1.82, 2.24) is 5.32 Å². The number of rotatable bonds is 7. The molecule has 1 fully saturated rings. The van der Waals surface area contributed by atoms with E-state index < -0.39 is 17.8 Å². The number of amides is 4. The van der Waals surface area contributed by atoms with E-state index in [1.54, 1.807) is 62.4 Å². The molecule has 9 heteroatoms. The molecule has 4 amide bonds. The number of carbonyl (C=O) groups is 3. The van der Waals surface area contributed by atoms with Crippen molar-refractivity contribution in [1.29, 1.82) is 0 Å². The van der Waals surface area contributed by atoms with E-state index in [-0.39, 0.29) is 18.0 Å². The van der Waals surface area contributed by atoms with Gasteiger partial charge in [0.1, 0.15) is 18.0 Å². The van der Waals surface area contributed by atoms with Crippen molar-refractivity contribution in [3.05, 3.63) is 93.2 Å². The summed E-state index contributed by atoms with van der Waals surface area (Å²) in [5, 5.41) is 2.23. The third kappa shape index (κ3) is 5.31. The summed E-state index contributed by atoms with van der Waals surface area (Å²) in [7, 11) is 0. The van der Waals surface area contributed by atoms with Crippen molar-refractivity contribution >= 4 is 45.5 Å². The molecule has 0 aliphatic carbocycles. The highest BCUT2D eigenvalue weighted by Crippen LogP contribution is 2.38. The van der Waals surface area contributed by atoms with Crippen molar-refractivity contribution in [2.45, 2.75) is 20.5 Å². The fourth-order valence-corrected chi connectivity index (χ4v) is 4.29. The molecule has 0 radical (unpaired) electrons. The fraction of sp³-hybridized carbons (Fsp3) is 0.148. The third-order valence-electron chi connectivity index (χ3n) is 5.37. The zero-order valence-corrected chi connectivity index (χ0v) is 21.1. The maximum Gasteiger partial charge on any atom is 0.335 e. The Morgan fingerprint density at radius 2 is 1.81 bits per heavy atom. The van der Waals surface area contributed by atoms with Crippen LogP contribution in [0.5, 0.6) is 11.5 Å². The Balaban J connectivity index is 1.67. The molecule has 0 bridgehead atoms. The van der Waals surface area contributed by atoms with Crippen LogP contribution < -0.4 is 19.7 Å². The number of halogens is 2. The van der Waals surface area contributed by atoms with Gasteiger partial charge in [-0.15, -0.1) is 0 Å². The number of aryl methyl sites for hydroxylation is 1. The van der Waals surface area contributed by atoms with E-state index in [9.17, 15) is 18.8 Å². The minimum atomic E-state index is -0.811. The normalized spacial score (nSPS) is 14.7. The molecule has 36 heavy (non-hydrogen) atoms. The Morgan fingerprint density at radius 1 is 1.03 bits per heavy atom. The molecule has 3 aromatic carbocycles. The van der Waals surface area contributed by atoms with Gasteiger partial charge in [0.15, 0.2) is 11.5 Å². The summed E-state index contributed by atoms with van der Waals surface area (Å²) in [5.74, 6) is -1.14. The van der Waals surface area contributed by atoms with E-state index in [0.717, 1.165) is 4.90 Å². The topological polar surface area (TPSA) is 84.9 Å². The van der Waals surface area contributed by atoms with Gasteiger partial charge < -0.3 is 9.47 Å². The number of hydrogen-bond donors (Lipinski definition) is 1. The lowest BCUT2D eigenvalue weighted by Crippen LogP contribution is -2.54. The number of carbonyl (C=O) groups excluding carboxylic acids is 3. The molecule has 0 atom stereocenters. The number of hydrogen-bond acceptors (Lipinski definition) is 5. The number of ether oxygens (including phenoxy) is 2. The monoisotopic (exact) mass is 552 g/mol. The molecule has 0 saturated carbocycles. The SMILES string of the molecule is CCOc1cc(/C=C2\C(=O)NC(=O)N(c3ccccc3C)C2=O)cc(Br)c1OCc1cccc(F)c1. The highest BCUT2D eigenvalue weighted by molar-refractivity contribution is 9.10. The molecule has 3 aromatic rings. The van der Waals surface area contributed by atoms with Crippen molar-refractivity contribution in [2.24, 2.45) is 0 Å². The van der Waals surface area contributed by atoms with Gasteiger partial charge in [0.05, 0.1) is 16.8 Å². The van der Waals surface area contributed by atoms with Gasteiger partial charge in [-0.2, -0.15) is 0 Å². The number of imide groups is 2.